The number of thiazole rings is 1. The maximum atomic E-state index is 14.3. The van der Waals surface area contributed by atoms with Crippen LogP contribution in [0, 0.1) is 12.8 Å². The van der Waals surface area contributed by atoms with Crippen molar-refractivity contribution in [2.45, 2.75) is 127 Å². The summed E-state index contributed by atoms with van der Waals surface area (Å²) in [5, 5.41) is 37.0. The number of methoxy groups -OCH3 is 1. The van der Waals surface area contributed by atoms with E-state index in [4.69, 9.17) is 34.2 Å². The summed E-state index contributed by atoms with van der Waals surface area (Å²) in [5.74, 6) is 0.504. The van der Waals surface area contributed by atoms with Crippen LogP contribution in [0.25, 0.3) is 21.8 Å². The molecule has 6 aromatic rings. The quantitative estimate of drug-likeness (QED) is 0.0670. The molecule has 4 aliphatic heterocycles. The number of phenols is 1. The van der Waals surface area contributed by atoms with E-state index in [9.17, 15) is 19.8 Å². The van der Waals surface area contributed by atoms with Gasteiger partial charge < -0.3 is 59.4 Å². The van der Waals surface area contributed by atoms with Gasteiger partial charge in [-0.1, -0.05) is 26.0 Å². The number of nitrogens with zero attached hydrogens (tertiary/aromatic N) is 10. The van der Waals surface area contributed by atoms with Crippen molar-refractivity contribution in [1.29, 1.82) is 0 Å². The molecule has 1 unspecified atom stereocenters. The number of rotatable bonds is 19. The molecule has 1 aliphatic carbocycles. The molecule has 6 atom stereocenters. The zero-order chi connectivity index (χ0) is 54.9. The fourth-order valence-corrected chi connectivity index (χ4v) is 12.8. The predicted octanol–water partition coefficient (Wildman–Crippen LogP) is 6.56. The molecule has 1 aromatic carbocycles. The van der Waals surface area contributed by atoms with E-state index in [0.717, 1.165) is 92.3 Å². The molecular weight excluding hydrogens is 1030 g/mol. The van der Waals surface area contributed by atoms with Crippen LogP contribution in [0.3, 0.4) is 0 Å². The molecule has 1 saturated carbocycles. The number of anilines is 3. The standard InChI is InChI=1S/C57H70N12O9S/c1-32(2)52(57(73)68-30-38(70)23-47(68)55(72)61-33(3)42-12-13-44(62-56(42)74-5)53-34(4)60-31-79-53)49-27-51(65-78-49)75-21-20-66-18-15-39(16-19-66)76-40-24-41(25-40)77-50-22-35(14-17-59-50)69-36-10-11-37(69)29-67(28-36)46-26-45(63-64-54(46)58)43-8-6-7-9-48(43)71/h6-9,12-14,17,22,26-27,31-33,36-41,47,52,70-71H,10-11,15-16,18-21,23-25,28-30H2,1-5H3,(H2,58,64)(H,61,72)/t33-,36+,37?,38+,40?,41?,47-,52+/m0/s1. The van der Waals surface area contributed by atoms with E-state index < -0.39 is 24.1 Å². The van der Waals surface area contributed by atoms with Crippen molar-refractivity contribution in [3.63, 3.8) is 0 Å². The number of hydrogen-bond donors (Lipinski definition) is 4. The van der Waals surface area contributed by atoms with E-state index in [2.05, 4.69) is 57.5 Å². The number of pyridine rings is 2. The van der Waals surface area contributed by atoms with Gasteiger partial charge in [0.1, 0.15) is 30.4 Å². The summed E-state index contributed by atoms with van der Waals surface area (Å²) >= 11 is 1.49. The van der Waals surface area contributed by atoms with E-state index in [1.54, 1.807) is 23.7 Å². The third kappa shape index (κ3) is 11.6. The molecule has 22 heteroatoms. The third-order valence-corrected chi connectivity index (χ3v) is 17.2. The zero-order valence-electron chi connectivity index (χ0n) is 45.3. The monoisotopic (exact) mass is 1100 g/mol. The third-order valence-electron chi connectivity index (χ3n) is 16.2. The highest BCUT2D eigenvalue weighted by Crippen LogP contribution is 2.41. The first-order valence-corrected chi connectivity index (χ1v) is 28.4. The number of aliphatic hydroxyl groups excluding tert-OH is 1. The van der Waals surface area contributed by atoms with Crippen molar-refractivity contribution in [1.82, 2.24) is 45.4 Å². The van der Waals surface area contributed by atoms with Crippen molar-refractivity contribution in [3.05, 3.63) is 89.4 Å². The highest BCUT2D eigenvalue weighted by atomic mass is 32.1. The molecule has 5 N–H and O–H groups in total. The average Bonchev–Trinajstić information content (AvgIpc) is 4.36. The number of carbonyl (C=O) groups excluding carboxylic acids is 2. The molecule has 2 bridgehead atoms. The molecule has 5 fully saturated rings. The summed E-state index contributed by atoms with van der Waals surface area (Å²) in [6, 6.07) is 17.8. The second kappa shape index (κ2) is 23.3. The lowest BCUT2D eigenvalue weighted by Gasteiger charge is -2.43. The number of nitrogens with one attached hydrogen (secondary N) is 1. The first-order valence-electron chi connectivity index (χ1n) is 27.6. The number of hydrogen-bond acceptors (Lipinski definition) is 20. The highest BCUT2D eigenvalue weighted by molar-refractivity contribution is 7.13. The first kappa shape index (κ1) is 53.8. The largest absolute Gasteiger partial charge is 0.507 e. The van der Waals surface area contributed by atoms with Crippen molar-refractivity contribution >= 4 is 40.3 Å². The molecule has 21 nitrogen and oxygen atoms in total. The Kier molecular flexibility index (Phi) is 15.9. The molecule has 4 saturated heterocycles. The van der Waals surface area contributed by atoms with Crippen molar-refractivity contribution in [3.8, 4) is 45.2 Å². The summed E-state index contributed by atoms with van der Waals surface area (Å²) in [6.07, 6.45) is 7.08. The Morgan fingerprint density at radius 1 is 0.899 bits per heavy atom. The van der Waals surface area contributed by atoms with E-state index in [1.807, 2.05) is 64.2 Å². The lowest BCUT2D eigenvalue weighted by atomic mass is 9.91. The molecule has 5 aliphatic rings. The summed E-state index contributed by atoms with van der Waals surface area (Å²) in [4.78, 5) is 51.4. The van der Waals surface area contributed by atoms with Crippen LogP contribution < -0.4 is 35.1 Å². The second-order valence-electron chi connectivity index (χ2n) is 21.9. The van der Waals surface area contributed by atoms with Crippen molar-refractivity contribution in [2.75, 3.05) is 68.5 Å². The Hall–Kier alpha value is -7.14. The minimum atomic E-state index is -0.895. The molecule has 0 spiro atoms. The number of piperazine rings is 1. The zero-order valence-corrected chi connectivity index (χ0v) is 46.1. The Morgan fingerprint density at radius 3 is 2.42 bits per heavy atom. The summed E-state index contributed by atoms with van der Waals surface area (Å²) < 4.78 is 30.4. The van der Waals surface area contributed by atoms with Gasteiger partial charge in [0.05, 0.1) is 64.6 Å². The van der Waals surface area contributed by atoms with Gasteiger partial charge in [0.25, 0.3) is 5.88 Å². The molecule has 5 aromatic heterocycles. The number of nitrogen functional groups attached to an aromatic ring is 1. The Balaban J connectivity index is 0.606. The number of phenolic OH excluding ortho intramolecular Hbond substituents is 1. The van der Waals surface area contributed by atoms with Crippen LogP contribution in [-0.2, 0) is 14.3 Å². The van der Waals surface area contributed by atoms with Crippen LogP contribution in [-0.4, -0.2) is 158 Å². The lowest BCUT2D eigenvalue weighted by molar-refractivity contribution is -0.141. The molecule has 418 valence electrons. The van der Waals surface area contributed by atoms with Crippen LogP contribution in [0.15, 0.2) is 76.9 Å². The van der Waals surface area contributed by atoms with Crippen LogP contribution in [0.1, 0.15) is 94.7 Å². The van der Waals surface area contributed by atoms with Gasteiger partial charge in [-0.05, 0) is 87.0 Å². The normalized spacial score (nSPS) is 23.2. The number of benzene rings is 1. The van der Waals surface area contributed by atoms with Crippen LogP contribution in [0.2, 0.25) is 0 Å². The highest BCUT2D eigenvalue weighted by Gasteiger charge is 2.45. The Labute approximate surface area is 463 Å². The molecule has 2 amide bonds. The van der Waals surface area contributed by atoms with Gasteiger partial charge >= 0.3 is 0 Å². The number of carbonyl (C=O) groups is 2. The number of aromatic hydroxyl groups is 1. The van der Waals surface area contributed by atoms with Gasteiger partial charge in [0.15, 0.2) is 11.6 Å². The number of likely N-dealkylation sites (tertiary alicyclic amines) is 2. The van der Waals surface area contributed by atoms with Crippen molar-refractivity contribution in [2.24, 2.45) is 5.92 Å². The molecule has 9 heterocycles. The van der Waals surface area contributed by atoms with Gasteiger partial charge in [-0.25, -0.2) is 15.0 Å². The lowest BCUT2D eigenvalue weighted by Crippen LogP contribution is -2.54. The molecule has 0 radical (unpaired) electrons. The van der Waals surface area contributed by atoms with Gasteiger partial charge in [-0.2, -0.15) is 0 Å². The maximum Gasteiger partial charge on any atom is 0.254 e. The number of nitrogens with two attached hydrogens (primary N) is 1. The number of aryl methyl sites for hydroxylation is 1. The van der Waals surface area contributed by atoms with E-state index in [0.29, 0.717) is 53.3 Å². The minimum Gasteiger partial charge on any atom is -0.507 e. The van der Waals surface area contributed by atoms with E-state index >= 15 is 0 Å². The number of para-hydroxylation sites is 1. The SMILES string of the molecule is COc1nc(-c2scnc2C)ccc1[C@H](C)NC(=O)[C@@H]1C[C@@H](O)CN1C(=O)[C@@H](c1cc(OCCN2CCC(OC3CC(Oc4cc(N5C6CC[C@@H]5CN(c5cc(-c7ccccc7O)nnc5N)C6)ccn4)C3)CC2)no1)C(C)C. The van der Waals surface area contributed by atoms with Gasteiger partial charge in [0.2, 0.25) is 23.6 Å². The number of aliphatic hydroxyl groups is 1. The fourth-order valence-electron chi connectivity index (χ4n) is 12.0. The minimum absolute atomic E-state index is 0.0160. The van der Waals surface area contributed by atoms with Gasteiger partial charge in [-0.15, -0.1) is 21.5 Å². The van der Waals surface area contributed by atoms with Crippen molar-refractivity contribution < 1.29 is 43.3 Å². The number of piperidine rings is 1. The summed E-state index contributed by atoms with van der Waals surface area (Å²) in [7, 11) is 1.54. The maximum absolute atomic E-state index is 14.3. The van der Waals surface area contributed by atoms with Gasteiger partial charge in [0, 0.05) is 106 Å². The van der Waals surface area contributed by atoms with E-state index in [1.165, 1.54) is 23.3 Å². The number of amides is 2. The molecule has 79 heavy (non-hydrogen) atoms. The van der Waals surface area contributed by atoms with Crippen LogP contribution >= 0.6 is 11.3 Å². The summed E-state index contributed by atoms with van der Waals surface area (Å²) in [6.45, 7) is 12.0. The van der Waals surface area contributed by atoms with Gasteiger partial charge in [-0.3, -0.25) is 14.5 Å². The number of aromatic nitrogens is 6. The smallest absolute Gasteiger partial charge is 0.254 e. The van der Waals surface area contributed by atoms with Crippen LogP contribution in [0.5, 0.6) is 23.4 Å². The first-order chi connectivity index (χ1) is 38.3. The Morgan fingerprint density at radius 2 is 1.68 bits per heavy atom. The van der Waals surface area contributed by atoms with Crippen LogP contribution in [0.4, 0.5) is 17.2 Å². The Bertz CT molecular complexity index is 3090. The number of ether oxygens (including phenoxy) is 4. The summed E-state index contributed by atoms with van der Waals surface area (Å²) in [5.41, 5.74) is 13.6. The topological polar surface area (TPSA) is 253 Å². The second-order valence-corrected chi connectivity index (χ2v) is 22.8. The average molecular weight is 1100 g/mol. The van der Waals surface area contributed by atoms with E-state index in [-0.39, 0.29) is 72.7 Å². The predicted molar refractivity (Wildman–Crippen MR) is 296 cm³/mol. The fraction of sp³-hybridized carbons (Fsp3) is 0.509. The molecular formula is C57H70N12O9S. The molecule has 11 rings (SSSR count). The number of β-amino-alcohol motifs (C(OH)–C–C–N with tert-alkyl or cyclic N) is 1. The number of fused-ring (bicyclic) bond motifs is 2.